The summed E-state index contributed by atoms with van der Waals surface area (Å²) >= 11 is 0. The molecule has 1 aliphatic carbocycles. The Hall–Kier alpha value is -3.01. The van der Waals surface area contributed by atoms with E-state index in [1.165, 1.54) is 18.2 Å². The van der Waals surface area contributed by atoms with Gasteiger partial charge in [-0.2, -0.15) is 10.5 Å². The van der Waals surface area contributed by atoms with Gasteiger partial charge in [0.25, 0.3) is 11.6 Å². The number of ether oxygens (including phenoxy) is 2. The van der Waals surface area contributed by atoms with Crippen molar-refractivity contribution in [3.8, 4) is 12.1 Å². The van der Waals surface area contributed by atoms with Gasteiger partial charge in [0, 0.05) is 18.1 Å². The highest BCUT2D eigenvalue weighted by atomic mass is 16.8. The van der Waals surface area contributed by atoms with Gasteiger partial charge in [0.1, 0.15) is 11.3 Å². The maximum Gasteiger partial charge on any atom is 0.293 e. The van der Waals surface area contributed by atoms with E-state index in [1.54, 1.807) is 6.07 Å². The fraction of sp³-hybridized carbons (Fsp3) is 0.400. The first-order chi connectivity index (χ1) is 11.5. The SMILES string of the molecule is N#C[C@@]12C(N)=NC3(OCCO3)[C@]1(C#N)[C@H]2c1cccc([N+](=O)[O-])c1. The summed E-state index contributed by atoms with van der Waals surface area (Å²) in [6.45, 7) is 0.451. The second-order valence-corrected chi connectivity index (χ2v) is 5.90. The van der Waals surface area contributed by atoms with Gasteiger partial charge < -0.3 is 15.2 Å². The highest BCUT2D eigenvalue weighted by Gasteiger charge is 2.94. The maximum atomic E-state index is 11.0. The van der Waals surface area contributed by atoms with Crippen molar-refractivity contribution in [2.75, 3.05) is 13.2 Å². The third kappa shape index (κ3) is 1.29. The number of benzene rings is 1. The number of fused-ring (bicyclic) bond motifs is 2. The number of nitro benzene ring substituents is 1. The molecule has 1 aromatic rings. The van der Waals surface area contributed by atoms with E-state index in [0.717, 1.165) is 0 Å². The van der Waals surface area contributed by atoms with Gasteiger partial charge in [0.15, 0.2) is 5.41 Å². The molecular formula is C15H11N5O4. The number of hydrogen-bond acceptors (Lipinski definition) is 8. The lowest BCUT2D eigenvalue weighted by Gasteiger charge is -2.25. The molecule has 0 amide bonds. The second kappa shape index (κ2) is 4.29. The molecule has 1 spiro atoms. The van der Waals surface area contributed by atoms with E-state index in [2.05, 4.69) is 17.1 Å². The standard InChI is InChI=1S/C15H11N5O4/c16-7-13-11(9-2-1-3-10(6-9)20(21)22)14(13,8-17)15(19-12(13)18)23-4-5-24-15/h1-3,6,11H,4-5H2,(H2,18,19)/t11-,13+,14+/m0/s1. The van der Waals surface area contributed by atoms with E-state index >= 15 is 0 Å². The highest BCUT2D eigenvalue weighted by Crippen LogP contribution is 2.82. The number of amidine groups is 1. The molecule has 120 valence electrons. The molecule has 1 saturated carbocycles. The Morgan fingerprint density at radius 1 is 1.33 bits per heavy atom. The summed E-state index contributed by atoms with van der Waals surface area (Å²) in [5.74, 6) is -2.38. The molecule has 0 aromatic heterocycles. The first-order valence-electron chi connectivity index (χ1n) is 7.19. The third-order valence-corrected chi connectivity index (χ3v) is 5.02. The van der Waals surface area contributed by atoms with Crippen LogP contribution in [0.2, 0.25) is 0 Å². The first-order valence-corrected chi connectivity index (χ1v) is 7.19. The van der Waals surface area contributed by atoms with E-state index < -0.39 is 27.6 Å². The lowest BCUT2D eigenvalue weighted by molar-refractivity contribution is -0.384. The van der Waals surface area contributed by atoms with Crippen LogP contribution in [0.1, 0.15) is 11.5 Å². The van der Waals surface area contributed by atoms with Crippen LogP contribution in [-0.2, 0) is 9.47 Å². The molecule has 0 bridgehead atoms. The van der Waals surface area contributed by atoms with Gasteiger partial charge in [-0.05, 0) is 5.56 Å². The molecule has 0 unspecified atom stereocenters. The van der Waals surface area contributed by atoms with Gasteiger partial charge in [0.2, 0.25) is 0 Å². The molecule has 24 heavy (non-hydrogen) atoms. The zero-order valence-electron chi connectivity index (χ0n) is 12.3. The van der Waals surface area contributed by atoms with Crippen molar-refractivity contribution >= 4 is 11.5 Å². The van der Waals surface area contributed by atoms with Crippen molar-refractivity contribution in [2.24, 2.45) is 21.6 Å². The van der Waals surface area contributed by atoms with E-state index in [1.807, 2.05) is 0 Å². The van der Waals surface area contributed by atoms with E-state index in [9.17, 15) is 20.6 Å². The van der Waals surface area contributed by atoms with Crippen molar-refractivity contribution in [2.45, 2.75) is 11.8 Å². The fourth-order valence-electron chi connectivity index (χ4n) is 4.04. The number of non-ortho nitro benzene ring substituents is 1. The van der Waals surface area contributed by atoms with Gasteiger partial charge in [-0.1, -0.05) is 12.1 Å². The minimum Gasteiger partial charge on any atom is -0.386 e. The topological polar surface area (TPSA) is 148 Å². The summed E-state index contributed by atoms with van der Waals surface area (Å²) in [5.41, 5.74) is 3.45. The Kier molecular flexibility index (Phi) is 2.61. The summed E-state index contributed by atoms with van der Waals surface area (Å²) < 4.78 is 11.2. The van der Waals surface area contributed by atoms with Crippen LogP contribution in [0.5, 0.6) is 0 Å². The van der Waals surface area contributed by atoms with Crippen LogP contribution in [0.15, 0.2) is 29.3 Å². The molecule has 3 atom stereocenters. The minimum atomic E-state index is -1.63. The number of hydrogen-bond donors (Lipinski definition) is 1. The van der Waals surface area contributed by atoms with Crippen LogP contribution < -0.4 is 5.73 Å². The Labute approximate surface area is 136 Å². The van der Waals surface area contributed by atoms with Gasteiger partial charge in [-0.15, -0.1) is 0 Å². The number of rotatable bonds is 2. The molecule has 1 aromatic carbocycles. The molecule has 9 heteroatoms. The zero-order valence-corrected chi connectivity index (χ0v) is 12.3. The normalized spacial score (nSPS) is 34.9. The van der Waals surface area contributed by atoms with Crippen molar-refractivity contribution in [1.29, 1.82) is 10.5 Å². The van der Waals surface area contributed by atoms with Crippen LogP contribution in [0.3, 0.4) is 0 Å². The summed E-state index contributed by atoms with van der Waals surface area (Å²) in [5, 5.41) is 30.7. The Morgan fingerprint density at radius 3 is 2.62 bits per heavy atom. The van der Waals surface area contributed by atoms with Gasteiger partial charge >= 0.3 is 0 Å². The molecule has 3 aliphatic rings. The molecule has 1 saturated heterocycles. The van der Waals surface area contributed by atoms with Crippen LogP contribution in [0, 0.1) is 43.6 Å². The molecule has 9 nitrogen and oxygen atoms in total. The molecular weight excluding hydrogens is 314 g/mol. The van der Waals surface area contributed by atoms with Crippen LogP contribution in [0.25, 0.3) is 0 Å². The smallest absolute Gasteiger partial charge is 0.293 e. The number of nitrogens with zero attached hydrogens (tertiary/aromatic N) is 4. The lowest BCUT2D eigenvalue weighted by Crippen LogP contribution is -2.38. The largest absolute Gasteiger partial charge is 0.386 e. The first kappa shape index (κ1) is 14.6. The number of aliphatic imine (C=N–C) groups is 1. The minimum absolute atomic E-state index is 0.0371. The molecule has 4 rings (SSSR count). The predicted molar refractivity (Wildman–Crippen MR) is 78.2 cm³/mol. The highest BCUT2D eigenvalue weighted by molar-refractivity contribution is 6.00. The quantitative estimate of drug-likeness (QED) is 0.624. The van der Waals surface area contributed by atoms with Crippen molar-refractivity contribution in [1.82, 2.24) is 0 Å². The number of nitriles is 2. The number of nitrogens with two attached hydrogens (primary N) is 1. The van der Waals surface area contributed by atoms with E-state index in [4.69, 9.17) is 15.2 Å². The zero-order chi connectivity index (χ0) is 17.2. The van der Waals surface area contributed by atoms with Crippen LogP contribution in [0.4, 0.5) is 5.69 Å². The van der Waals surface area contributed by atoms with Gasteiger partial charge in [-0.25, -0.2) is 4.99 Å². The second-order valence-electron chi connectivity index (χ2n) is 5.90. The summed E-state index contributed by atoms with van der Waals surface area (Å²) in [7, 11) is 0. The average molecular weight is 325 g/mol. The monoisotopic (exact) mass is 325 g/mol. The molecule has 0 radical (unpaired) electrons. The van der Waals surface area contributed by atoms with Crippen molar-refractivity contribution in [3.63, 3.8) is 0 Å². The average Bonchev–Trinajstić information content (AvgIpc) is 2.84. The summed E-state index contributed by atoms with van der Waals surface area (Å²) in [4.78, 5) is 14.6. The fourth-order valence-corrected chi connectivity index (χ4v) is 4.04. The van der Waals surface area contributed by atoms with E-state index in [-0.39, 0.29) is 24.7 Å². The Bertz CT molecular complexity index is 879. The van der Waals surface area contributed by atoms with E-state index in [0.29, 0.717) is 5.56 Å². The van der Waals surface area contributed by atoms with Gasteiger partial charge in [-0.3, -0.25) is 10.1 Å². The lowest BCUT2D eigenvalue weighted by atomic mass is 9.94. The number of nitro groups is 1. The Balaban J connectivity index is 1.91. The predicted octanol–water partition coefficient (Wildman–Crippen LogP) is 0.783. The van der Waals surface area contributed by atoms with Crippen molar-refractivity contribution < 1.29 is 14.4 Å². The molecule has 2 aliphatic heterocycles. The maximum absolute atomic E-state index is 11.0. The van der Waals surface area contributed by atoms with Crippen LogP contribution in [-0.4, -0.2) is 29.9 Å². The molecule has 2 heterocycles. The summed E-state index contributed by atoms with van der Waals surface area (Å²) in [6.07, 6.45) is 0. The van der Waals surface area contributed by atoms with Crippen LogP contribution >= 0.6 is 0 Å². The van der Waals surface area contributed by atoms with Crippen molar-refractivity contribution in [3.05, 3.63) is 39.9 Å². The Morgan fingerprint density at radius 2 is 2.04 bits per heavy atom. The summed E-state index contributed by atoms with van der Waals surface area (Å²) in [6, 6.07) is 10.1. The molecule has 2 N–H and O–H groups in total. The third-order valence-electron chi connectivity index (χ3n) is 5.02. The molecule has 2 fully saturated rings. The van der Waals surface area contributed by atoms with Gasteiger partial charge in [0.05, 0.1) is 30.3 Å².